The van der Waals surface area contributed by atoms with Crippen LogP contribution < -0.4 is 0 Å². The molecule has 0 bridgehead atoms. The van der Waals surface area contributed by atoms with Gasteiger partial charge in [-0.15, -0.1) is 0 Å². The molecule has 4 aliphatic rings. The summed E-state index contributed by atoms with van der Waals surface area (Å²) >= 11 is 0. The highest BCUT2D eigenvalue weighted by Gasteiger charge is 2.74. The molecule has 3 fully saturated rings. The lowest BCUT2D eigenvalue weighted by Gasteiger charge is -2.58. The first-order chi connectivity index (χ1) is 18.4. The van der Waals surface area contributed by atoms with Crippen molar-refractivity contribution in [3.63, 3.8) is 0 Å². The fraction of sp³-hybridized carbons (Fsp3) is 0.552. The van der Waals surface area contributed by atoms with Gasteiger partial charge in [-0.1, -0.05) is 56.4 Å². The van der Waals surface area contributed by atoms with Gasteiger partial charge in [-0.2, -0.15) is 0 Å². The third-order valence-corrected chi connectivity index (χ3v) is 9.14. The molecule has 10 atom stereocenters. The number of ether oxygens (including phenoxy) is 2. The molecule has 3 N–H and O–H groups in total. The average molecular weight is 543 g/mol. The van der Waals surface area contributed by atoms with Crippen LogP contribution in [0.2, 0.25) is 0 Å². The van der Waals surface area contributed by atoms with Gasteiger partial charge < -0.3 is 24.8 Å². The molecule has 39 heavy (non-hydrogen) atoms. The number of esters is 2. The number of aliphatic hydroxyl groups excluding tert-OH is 2. The van der Waals surface area contributed by atoms with Gasteiger partial charge in [-0.25, -0.2) is 4.79 Å². The summed E-state index contributed by atoms with van der Waals surface area (Å²) in [5.41, 5.74) is -3.44. The van der Waals surface area contributed by atoms with E-state index in [1.54, 1.807) is 26.0 Å². The van der Waals surface area contributed by atoms with Gasteiger partial charge in [-0.05, 0) is 24.7 Å². The van der Waals surface area contributed by atoms with Gasteiger partial charge in [0.1, 0.15) is 6.10 Å². The topological polar surface area (TPSA) is 164 Å². The molecule has 1 aliphatic heterocycles. The molecular formula is C29H34O10. The van der Waals surface area contributed by atoms with E-state index >= 15 is 0 Å². The van der Waals surface area contributed by atoms with Crippen LogP contribution in [0.25, 0.3) is 0 Å². The number of allylic oxidation sites excluding steroid dienone is 6. The lowest BCUT2D eigenvalue weighted by molar-refractivity contribution is -0.180. The van der Waals surface area contributed by atoms with Crippen molar-refractivity contribution in [1.29, 1.82) is 0 Å². The Bertz CT molecular complexity index is 1180. The molecule has 0 aromatic rings. The molecule has 4 rings (SSSR count). The summed E-state index contributed by atoms with van der Waals surface area (Å²) in [6, 6.07) is 0. The van der Waals surface area contributed by atoms with Crippen LogP contribution in [0.15, 0.2) is 48.6 Å². The molecule has 0 aromatic carbocycles. The Labute approximate surface area is 226 Å². The van der Waals surface area contributed by atoms with E-state index in [-0.39, 0.29) is 18.8 Å². The molecule has 0 amide bonds. The third-order valence-electron chi connectivity index (χ3n) is 9.14. The molecule has 3 aliphatic carbocycles. The van der Waals surface area contributed by atoms with E-state index in [0.717, 1.165) is 6.08 Å². The summed E-state index contributed by atoms with van der Waals surface area (Å²) in [6.07, 6.45) is 9.58. The summed E-state index contributed by atoms with van der Waals surface area (Å²) in [7, 11) is 0. The summed E-state index contributed by atoms with van der Waals surface area (Å²) in [4.78, 5) is 64.2. The fourth-order valence-electron chi connectivity index (χ4n) is 7.11. The third kappa shape index (κ3) is 4.49. The highest BCUT2D eigenvalue weighted by molar-refractivity contribution is 6.28. The maximum Gasteiger partial charge on any atom is 0.328 e. The van der Waals surface area contributed by atoms with Crippen LogP contribution in [0.5, 0.6) is 0 Å². The van der Waals surface area contributed by atoms with Crippen molar-refractivity contribution in [1.82, 2.24) is 0 Å². The Kier molecular flexibility index (Phi) is 7.82. The van der Waals surface area contributed by atoms with Crippen LogP contribution in [-0.4, -0.2) is 69.7 Å². The number of carbonyl (C=O) groups excluding carboxylic acids is 4. The van der Waals surface area contributed by atoms with Crippen LogP contribution in [0.1, 0.15) is 33.6 Å². The number of carboxylic acid groups (broad SMARTS) is 1. The number of carboxylic acids is 1. The van der Waals surface area contributed by atoms with E-state index in [0.29, 0.717) is 0 Å². The van der Waals surface area contributed by atoms with Gasteiger partial charge in [0.15, 0.2) is 17.3 Å². The van der Waals surface area contributed by atoms with Crippen molar-refractivity contribution in [3.05, 3.63) is 48.6 Å². The zero-order valence-corrected chi connectivity index (χ0v) is 22.1. The van der Waals surface area contributed by atoms with E-state index in [9.17, 15) is 34.2 Å². The lowest BCUT2D eigenvalue weighted by atomic mass is 9.43. The Morgan fingerprint density at radius 3 is 2.44 bits per heavy atom. The number of ketones is 2. The Hall–Kier alpha value is -3.37. The molecule has 1 spiro atoms. The number of cyclic esters (lactones) is 1. The van der Waals surface area contributed by atoms with Crippen LogP contribution in [-0.2, 0) is 33.4 Å². The maximum atomic E-state index is 14.6. The highest BCUT2D eigenvalue weighted by atomic mass is 16.6. The second-order valence-electron chi connectivity index (χ2n) is 11.1. The predicted octanol–water partition coefficient (Wildman–Crippen LogP) is 1.56. The average Bonchev–Trinajstić information content (AvgIpc) is 3.13. The molecule has 10 nitrogen and oxygen atoms in total. The van der Waals surface area contributed by atoms with E-state index in [1.165, 1.54) is 25.2 Å². The second kappa shape index (κ2) is 10.7. The second-order valence-corrected chi connectivity index (χ2v) is 11.1. The summed E-state index contributed by atoms with van der Waals surface area (Å²) < 4.78 is 10.7. The number of hydrogen-bond acceptors (Lipinski definition) is 9. The number of aliphatic carboxylic acids is 1. The fourth-order valence-corrected chi connectivity index (χ4v) is 7.11. The van der Waals surface area contributed by atoms with Crippen molar-refractivity contribution >= 4 is 29.5 Å². The van der Waals surface area contributed by atoms with E-state index in [4.69, 9.17) is 14.6 Å². The Morgan fingerprint density at radius 1 is 1.13 bits per heavy atom. The minimum atomic E-state index is -2.18. The summed E-state index contributed by atoms with van der Waals surface area (Å²) in [6.45, 7) is 4.01. The van der Waals surface area contributed by atoms with Gasteiger partial charge in [0, 0.05) is 36.2 Å². The monoisotopic (exact) mass is 542 g/mol. The molecule has 0 aromatic heterocycles. The minimum Gasteiger partial charge on any atom is -0.478 e. The number of carbonyl (C=O) groups is 5. The zero-order chi connectivity index (χ0) is 28.7. The molecule has 0 radical (unpaired) electrons. The molecule has 210 valence electrons. The number of fused-ring (bicyclic) bond motifs is 3. The number of aliphatic hydroxyl groups is 2. The van der Waals surface area contributed by atoms with Gasteiger partial charge in [0.25, 0.3) is 0 Å². The Balaban J connectivity index is 1.78. The van der Waals surface area contributed by atoms with Crippen molar-refractivity contribution in [2.75, 3.05) is 6.61 Å². The first-order valence-electron chi connectivity index (χ1n) is 13.1. The highest BCUT2D eigenvalue weighted by Crippen LogP contribution is 2.62. The first kappa shape index (κ1) is 28.6. The lowest BCUT2D eigenvalue weighted by Crippen LogP contribution is -2.66. The van der Waals surface area contributed by atoms with Gasteiger partial charge in [0.2, 0.25) is 5.78 Å². The molecule has 10 heteroatoms. The van der Waals surface area contributed by atoms with Crippen molar-refractivity contribution in [2.45, 2.75) is 51.9 Å². The zero-order valence-electron chi connectivity index (χ0n) is 22.1. The molecule has 1 heterocycles. The van der Waals surface area contributed by atoms with Crippen molar-refractivity contribution in [2.24, 2.45) is 40.4 Å². The molecule has 0 unspecified atom stereocenters. The number of rotatable bonds is 6. The van der Waals surface area contributed by atoms with E-state index < -0.39 is 88.9 Å². The van der Waals surface area contributed by atoms with Crippen LogP contribution >= 0.6 is 0 Å². The van der Waals surface area contributed by atoms with Crippen LogP contribution in [0.3, 0.4) is 0 Å². The summed E-state index contributed by atoms with van der Waals surface area (Å²) in [5, 5.41) is 29.6. The maximum absolute atomic E-state index is 14.6. The van der Waals surface area contributed by atoms with Crippen molar-refractivity contribution < 1.29 is 48.8 Å². The molecule has 2 saturated carbocycles. The van der Waals surface area contributed by atoms with Gasteiger partial charge in [0.05, 0.1) is 12.7 Å². The standard InChI is InChI=1S/C29H34O10/c1-15-21(38-16(2)31)13-20-19(24(15)34)11-10-17-12-18(8-6-4-5-7-9-23(32)33)29(26(36)28(17,20)3)25(35)22(14-30)39-27(29)37/h4-11,15,17-22,24,30,34H,12-14H2,1-3H3,(H,32,33)/b5-4+,8-6+,9-7-/t15-,17-,18+,19-,20-,21+,22+,24+,28+,29-/m0/s1. The number of hydrogen-bond donors (Lipinski definition) is 3. The largest absolute Gasteiger partial charge is 0.478 e. The molecular weight excluding hydrogens is 508 g/mol. The summed E-state index contributed by atoms with van der Waals surface area (Å²) in [5.74, 6) is -6.68. The minimum absolute atomic E-state index is 0.236. The smallest absolute Gasteiger partial charge is 0.328 e. The Morgan fingerprint density at radius 2 is 1.82 bits per heavy atom. The predicted molar refractivity (Wildman–Crippen MR) is 136 cm³/mol. The SMILES string of the molecule is CC(=O)O[C@@H]1C[C@H]2[C@H](C=C[C@H]3C[C@@H](/C=C/C=C/C=C\C(=O)O)[C@@]4(C(=O)O[C@H](CO)C4=O)C(=O)[C@]32C)[C@H](O)[C@H]1C. The van der Waals surface area contributed by atoms with Crippen LogP contribution in [0.4, 0.5) is 0 Å². The van der Waals surface area contributed by atoms with Crippen LogP contribution in [0, 0.1) is 40.4 Å². The number of Topliss-reactive ketones (excluding diaryl/α,β-unsaturated/α-hetero) is 2. The molecule has 1 saturated heterocycles. The normalized spacial score (nSPS) is 41.8. The quantitative estimate of drug-likeness (QED) is 0.147. The van der Waals surface area contributed by atoms with Gasteiger partial charge in [-0.3, -0.25) is 19.2 Å². The van der Waals surface area contributed by atoms with E-state index in [1.807, 2.05) is 12.2 Å². The van der Waals surface area contributed by atoms with E-state index in [2.05, 4.69) is 0 Å². The first-order valence-corrected chi connectivity index (χ1v) is 13.1. The van der Waals surface area contributed by atoms with Gasteiger partial charge >= 0.3 is 17.9 Å². The van der Waals surface area contributed by atoms with Crippen molar-refractivity contribution in [3.8, 4) is 0 Å².